The predicted octanol–water partition coefficient (Wildman–Crippen LogP) is 2.56. The first-order chi connectivity index (χ1) is 10.6. The molecule has 0 radical (unpaired) electrons. The van der Waals surface area contributed by atoms with Crippen molar-refractivity contribution in [2.75, 3.05) is 19.6 Å². The average molecular weight is 321 g/mol. The fourth-order valence-corrected chi connectivity index (χ4v) is 2.35. The monoisotopic (exact) mass is 320 g/mol. The number of nitrogens with one attached hydrogen (secondary N) is 2. The Morgan fingerprint density at radius 3 is 2.86 bits per heavy atom. The van der Waals surface area contributed by atoms with Crippen LogP contribution >= 0.6 is 11.6 Å². The van der Waals surface area contributed by atoms with E-state index in [1.54, 1.807) is 16.9 Å². The Hall–Kier alpha value is -1.85. The number of halogens is 1. The minimum atomic E-state index is -0.107. The molecule has 1 heterocycles. The summed E-state index contributed by atoms with van der Waals surface area (Å²) in [5.74, 6) is -0.107. The van der Waals surface area contributed by atoms with Crippen molar-refractivity contribution in [1.82, 2.24) is 20.4 Å². The van der Waals surface area contributed by atoms with Crippen LogP contribution in [0.1, 0.15) is 29.4 Å². The van der Waals surface area contributed by atoms with Gasteiger partial charge in [-0.15, -0.1) is 0 Å². The number of rotatable bonds is 7. The van der Waals surface area contributed by atoms with E-state index in [1.165, 1.54) is 0 Å². The number of nitrogens with zero attached hydrogens (tertiary/aromatic N) is 2. The summed E-state index contributed by atoms with van der Waals surface area (Å²) in [5, 5.41) is 11.1. The molecule has 0 fully saturated rings. The van der Waals surface area contributed by atoms with Crippen LogP contribution in [0.5, 0.6) is 0 Å². The molecule has 118 valence electrons. The maximum atomic E-state index is 12.2. The Kier molecular flexibility index (Phi) is 5.98. The summed E-state index contributed by atoms with van der Waals surface area (Å²) in [7, 11) is 0. The van der Waals surface area contributed by atoms with Gasteiger partial charge in [0.05, 0.1) is 23.1 Å². The van der Waals surface area contributed by atoms with Crippen LogP contribution in [0, 0.1) is 6.92 Å². The van der Waals surface area contributed by atoms with E-state index < -0.39 is 0 Å². The first-order valence-corrected chi connectivity index (χ1v) is 7.80. The van der Waals surface area contributed by atoms with Crippen molar-refractivity contribution >= 4 is 17.5 Å². The van der Waals surface area contributed by atoms with Crippen LogP contribution in [0.3, 0.4) is 0 Å². The summed E-state index contributed by atoms with van der Waals surface area (Å²) in [5.41, 5.74) is 2.21. The van der Waals surface area contributed by atoms with E-state index in [2.05, 4.69) is 22.7 Å². The highest BCUT2D eigenvalue weighted by atomic mass is 35.5. The molecule has 2 rings (SSSR count). The quantitative estimate of drug-likeness (QED) is 0.771. The van der Waals surface area contributed by atoms with Crippen molar-refractivity contribution in [1.29, 1.82) is 0 Å². The largest absolute Gasteiger partial charge is 0.351 e. The fourth-order valence-electron chi connectivity index (χ4n) is 2.16. The molecule has 0 aliphatic carbocycles. The lowest BCUT2D eigenvalue weighted by atomic mass is 10.2. The molecule has 2 N–H and O–H groups in total. The highest BCUT2D eigenvalue weighted by Crippen LogP contribution is 2.17. The predicted molar refractivity (Wildman–Crippen MR) is 88.8 cm³/mol. The number of benzene rings is 1. The number of carbonyl (C=O) groups excluding carboxylic acids is 1. The summed E-state index contributed by atoms with van der Waals surface area (Å²) < 4.78 is 1.72. The third-order valence-corrected chi connectivity index (χ3v) is 3.56. The first kappa shape index (κ1) is 16.5. The molecule has 22 heavy (non-hydrogen) atoms. The van der Waals surface area contributed by atoms with Gasteiger partial charge in [0.15, 0.2) is 0 Å². The molecule has 1 aromatic carbocycles. The molecule has 0 saturated heterocycles. The van der Waals surface area contributed by atoms with E-state index in [4.69, 9.17) is 11.6 Å². The number of amides is 1. The zero-order chi connectivity index (χ0) is 15.9. The third kappa shape index (κ3) is 4.08. The van der Waals surface area contributed by atoms with Crippen molar-refractivity contribution in [3.8, 4) is 5.69 Å². The molecule has 0 bridgehead atoms. The minimum absolute atomic E-state index is 0.107. The second-order valence-corrected chi connectivity index (χ2v) is 5.48. The number of hydrogen-bond donors (Lipinski definition) is 2. The zero-order valence-electron chi connectivity index (χ0n) is 12.9. The second-order valence-electron chi connectivity index (χ2n) is 5.04. The van der Waals surface area contributed by atoms with Gasteiger partial charge in [0.1, 0.15) is 0 Å². The molecule has 1 aromatic heterocycles. The summed E-state index contributed by atoms with van der Waals surface area (Å²) in [6.07, 6.45) is 2.67. The van der Waals surface area contributed by atoms with Gasteiger partial charge in [0.2, 0.25) is 0 Å². The average Bonchev–Trinajstić information content (AvgIpc) is 2.88. The number of hydrogen-bond acceptors (Lipinski definition) is 3. The van der Waals surface area contributed by atoms with Crippen molar-refractivity contribution in [2.24, 2.45) is 0 Å². The van der Waals surface area contributed by atoms with Crippen molar-refractivity contribution < 1.29 is 4.79 Å². The van der Waals surface area contributed by atoms with Gasteiger partial charge < -0.3 is 10.6 Å². The van der Waals surface area contributed by atoms with Crippen molar-refractivity contribution in [2.45, 2.75) is 20.3 Å². The molecule has 0 unspecified atom stereocenters. The molecule has 0 aliphatic rings. The Balaban J connectivity index is 2.03. The maximum Gasteiger partial charge on any atom is 0.254 e. The van der Waals surface area contributed by atoms with E-state index in [0.29, 0.717) is 17.1 Å². The summed E-state index contributed by atoms with van der Waals surface area (Å²) in [6.45, 7) is 6.31. The van der Waals surface area contributed by atoms with Crippen molar-refractivity contribution in [3.63, 3.8) is 0 Å². The molecule has 0 saturated carbocycles. The Morgan fingerprint density at radius 2 is 2.14 bits per heavy atom. The van der Waals surface area contributed by atoms with E-state index >= 15 is 0 Å². The van der Waals surface area contributed by atoms with E-state index in [-0.39, 0.29) is 5.91 Å². The molecular weight excluding hydrogens is 300 g/mol. The van der Waals surface area contributed by atoms with Gasteiger partial charge in [0.25, 0.3) is 5.91 Å². The summed E-state index contributed by atoms with van der Waals surface area (Å²) in [4.78, 5) is 12.2. The Morgan fingerprint density at radius 1 is 1.32 bits per heavy atom. The standard InChI is InChI=1S/C16H21ClN4O/c1-3-7-18-8-9-19-16(22)15-11-20-21(12(15)2)14-6-4-5-13(17)10-14/h4-6,10-11,18H,3,7-9H2,1-2H3,(H,19,22). The van der Waals surface area contributed by atoms with Crippen LogP contribution in [0.25, 0.3) is 5.69 Å². The number of carbonyl (C=O) groups is 1. The van der Waals surface area contributed by atoms with Gasteiger partial charge in [-0.1, -0.05) is 24.6 Å². The summed E-state index contributed by atoms with van der Waals surface area (Å²) >= 11 is 6.00. The topological polar surface area (TPSA) is 58.9 Å². The van der Waals surface area contributed by atoms with Gasteiger partial charge in [-0.05, 0) is 38.1 Å². The van der Waals surface area contributed by atoms with Gasteiger partial charge in [-0.3, -0.25) is 4.79 Å². The van der Waals surface area contributed by atoms with Gasteiger partial charge >= 0.3 is 0 Å². The highest BCUT2D eigenvalue weighted by molar-refractivity contribution is 6.30. The fraction of sp³-hybridized carbons (Fsp3) is 0.375. The van der Waals surface area contributed by atoms with E-state index in [9.17, 15) is 4.79 Å². The van der Waals surface area contributed by atoms with Crippen LogP contribution in [0.4, 0.5) is 0 Å². The van der Waals surface area contributed by atoms with E-state index in [0.717, 1.165) is 30.9 Å². The highest BCUT2D eigenvalue weighted by Gasteiger charge is 2.14. The minimum Gasteiger partial charge on any atom is -0.351 e. The van der Waals surface area contributed by atoms with E-state index in [1.807, 2.05) is 25.1 Å². The summed E-state index contributed by atoms with van der Waals surface area (Å²) in [6, 6.07) is 7.39. The molecule has 0 spiro atoms. The third-order valence-electron chi connectivity index (χ3n) is 3.32. The van der Waals surface area contributed by atoms with Crippen molar-refractivity contribution in [3.05, 3.63) is 46.7 Å². The normalized spacial score (nSPS) is 10.7. The zero-order valence-corrected chi connectivity index (χ0v) is 13.7. The van der Waals surface area contributed by atoms with Gasteiger partial charge in [-0.2, -0.15) is 5.10 Å². The van der Waals surface area contributed by atoms with Gasteiger partial charge in [0, 0.05) is 18.1 Å². The molecule has 2 aromatic rings. The molecule has 6 heteroatoms. The molecule has 0 aliphatic heterocycles. The van der Waals surface area contributed by atoms with Crippen LogP contribution < -0.4 is 10.6 Å². The lowest BCUT2D eigenvalue weighted by Gasteiger charge is -2.07. The Labute approximate surface area is 135 Å². The molecular formula is C16H21ClN4O. The maximum absolute atomic E-state index is 12.2. The molecule has 0 atom stereocenters. The number of aromatic nitrogens is 2. The lowest BCUT2D eigenvalue weighted by Crippen LogP contribution is -2.32. The van der Waals surface area contributed by atoms with Gasteiger partial charge in [-0.25, -0.2) is 4.68 Å². The van der Waals surface area contributed by atoms with Crippen LogP contribution in [0.15, 0.2) is 30.5 Å². The SMILES string of the molecule is CCCNCCNC(=O)c1cnn(-c2cccc(Cl)c2)c1C. The molecule has 5 nitrogen and oxygen atoms in total. The van der Waals surface area contributed by atoms with Crippen LogP contribution in [-0.4, -0.2) is 35.3 Å². The van der Waals surface area contributed by atoms with Crippen LogP contribution in [0.2, 0.25) is 5.02 Å². The first-order valence-electron chi connectivity index (χ1n) is 7.43. The lowest BCUT2D eigenvalue weighted by molar-refractivity contribution is 0.0953. The Bertz CT molecular complexity index is 639. The smallest absolute Gasteiger partial charge is 0.254 e. The second kappa shape index (κ2) is 7.96. The molecule has 1 amide bonds. The van der Waals surface area contributed by atoms with Crippen LogP contribution in [-0.2, 0) is 0 Å².